The van der Waals surface area contributed by atoms with Crippen LogP contribution in [0.25, 0.3) is 11.5 Å². The number of aryl methyl sites for hydroxylation is 1. The summed E-state index contributed by atoms with van der Waals surface area (Å²) in [6, 6.07) is 16.9. The number of aliphatic carboxylic acids is 1. The molecule has 0 fully saturated rings. The molecule has 0 saturated heterocycles. The molecule has 0 aliphatic heterocycles. The summed E-state index contributed by atoms with van der Waals surface area (Å²) in [5.74, 6) is -0.135. The zero-order chi connectivity index (χ0) is 22.5. The van der Waals surface area contributed by atoms with Gasteiger partial charge in [0, 0.05) is 30.8 Å². The second-order valence-corrected chi connectivity index (χ2v) is 7.44. The first-order valence-corrected chi connectivity index (χ1v) is 10.3. The topological polar surface area (TPSA) is 77.5 Å². The maximum Gasteiger partial charge on any atom is 0.327 e. The highest BCUT2D eigenvalue weighted by atomic mass is 19.1. The van der Waals surface area contributed by atoms with E-state index in [9.17, 15) is 14.3 Å². The van der Waals surface area contributed by atoms with Crippen LogP contribution in [0, 0.1) is 12.7 Å². The van der Waals surface area contributed by atoms with Gasteiger partial charge in [0.25, 0.3) is 0 Å². The van der Waals surface area contributed by atoms with E-state index in [1.165, 1.54) is 12.1 Å². The molecule has 0 amide bonds. The van der Waals surface area contributed by atoms with Crippen LogP contribution >= 0.6 is 0 Å². The first-order chi connectivity index (χ1) is 15.5. The molecule has 4 rings (SSSR count). The summed E-state index contributed by atoms with van der Waals surface area (Å²) in [5, 5.41) is 9.50. The number of carboxylic acid groups (broad SMARTS) is 1. The monoisotopic (exact) mass is 434 g/mol. The number of halogens is 1. The molecule has 2 heterocycles. The van der Waals surface area contributed by atoms with E-state index < -0.39 is 17.8 Å². The van der Waals surface area contributed by atoms with Crippen LogP contribution < -0.4 is 4.74 Å². The summed E-state index contributed by atoms with van der Waals surface area (Å²) in [4.78, 5) is 16.1. The summed E-state index contributed by atoms with van der Waals surface area (Å²) in [5.41, 5.74) is 2.23. The van der Waals surface area contributed by atoms with Gasteiger partial charge in [0.15, 0.2) is 11.6 Å². The fraction of sp³-hybridized carbons (Fsp3) is 0.200. The number of hydrogen-bond acceptors (Lipinski definition) is 4. The van der Waals surface area contributed by atoms with Crippen molar-refractivity contribution in [2.24, 2.45) is 0 Å². The molecule has 0 bridgehead atoms. The molecular weight excluding hydrogens is 411 g/mol. The first kappa shape index (κ1) is 21.4. The summed E-state index contributed by atoms with van der Waals surface area (Å²) < 4.78 is 27.5. The smallest absolute Gasteiger partial charge is 0.327 e. The molecule has 0 radical (unpaired) electrons. The second-order valence-electron chi connectivity index (χ2n) is 7.44. The Morgan fingerprint density at radius 1 is 1.16 bits per heavy atom. The van der Waals surface area contributed by atoms with E-state index in [0.717, 1.165) is 11.3 Å². The van der Waals surface area contributed by atoms with E-state index in [-0.39, 0.29) is 18.8 Å². The molecule has 0 aliphatic rings. The Labute approximate surface area is 184 Å². The minimum absolute atomic E-state index is 0.117. The molecule has 6 nitrogen and oxygen atoms in total. The highest BCUT2D eigenvalue weighted by Gasteiger charge is 2.20. The van der Waals surface area contributed by atoms with Gasteiger partial charge in [0.05, 0.1) is 12.3 Å². The van der Waals surface area contributed by atoms with Crippen molar-refractivity contribution in [2.75, 3.05) is 6.61 Å². The molecule has 1 N–H and O–H groups in total. The van der Waals surface area contributed by atoms with Crippen LogP contribution in [-0.2, 0) is 17.6 Å². The van der Waals surface area contributed by atoms with E-state index in [1.807, 2.05) is 37.3 Å². The molecule has 4 aromatic rings. The van der Waals surface area contributed by atoms with Gasteiger partial charge in [-0.1, -0.05) is 24.3 Å². The standard InChI is InChI=1S/C25H23FN2O4/c1-17-21(27-24(32-17)19-7-3-2-4-8-19)11-14-31-23-10-9-18(15-20(23)26)16-22(25(29)30)28-12-5-6-13-28/h2-10,12-13,15,22H,11,14,16H2,1H3,(H,29,30). The normalized spacial score (nSPS) is 11.9. The van der Waals surface area contributed by atoms with E-state index in [0.29, 0.717) is 23.6 Å². The van der Waals surface area contributed by atoms with E-state index >= 15 is 0 Å². The number of aromatic nitrogens is 2. The highest BCUT2D eigenvalue weighted by Crippen LogP contribution is 2.24. The largest absolute Gasteiger partial charge is 0.490 e. The van der Waals surface area contributed by atoms with E-state index in [4.69, 9.17) is 9.15 Å². The quantitative estimate of drug-likeness (QED) is 0.397. The predicted molar refractivity (Wildman–Crippen MR) is 117 cm³/mol. The Morgan fingerprint density at radius 2 is 1.91 bits per heavy atom. The van der Waals surface area contributed by atoms with Gasteiger partial charge in [-0.05, 0) is 48.9 Å². The van der Waals surface area contributed by atoms with Crippen molar-refractivity contribution in [1.29, 1.82) is 0 Å². The number of benzene rings is 2. The van der Waals surface area contributed by atoms with Crippen LogP contribution in [-0.4, -0.2) is 27.2 Å². The SMILES string of the molecule is Cc1oc(-c2ccccc2)nc1CCOc1ccc(CC(C(=O)O)n2cccc2)cc1F. The van der Waals surface area contributed by atoms with Crippen molar-refractivity contribution in [3.63, 3.8) is 0 Å². The minimum Gasteiger partial charge on any atom is -0.490 e. The zero-order valence-electron chi connectivity index (χ0n) is 17.6. The third kappa shape index (κ3) is 4.88. The minimum atomic E-state index is -0.972. The summed E-state index contributed by atoms with van der Waals surface area (Å²) in [6.45, 7) is 2.08. The third-order valence-corrected chi connectivity index (χ3v) is 5.21. The first-order valence-electron chi connectivity index (χ1n) is 10.3. The molecule has 32 heavy (non-hydrogen) atoms. The number of oxazole rings is 1. The molecule has 0 aliphatic carbocycles. The van der Waals surface area contributed by atoms with Crippen molar-refractivity contribution >= 4 is 5.97 Å². The molecule has 1 unspecified atom stereocenters. The summed E-state index contributed by atoms with van der Waals surface area (Å²) >= 11 is 0. The second kappa shape index (κ2) is 9.51. The predicted octanol–water partition coefficient (Wildman–Crippen LogP) is 5.08. The van der Waals surface area contributed by atoms with Gasteiger partial charge in [-0.25, -0.2) is 14.2 Å². The average molecular weight is 434 g/mol. The molecular formula is C25H23FN2O4. The van der Waals surface area contributed by atoms with Crippen LogP contribution in [0.2, 0.25) is 0 Å². The highest BCUT2D eigenvalue weighted by molar-refractivity contribution is 5.72. The number of carbonyl (C=O) groups is 1. The molecule has 1 atom stereocenters. The van der Waals surface area contributed by atoms with Gasteiger partial charge in [-0.3, -0.25) is 0 Å². The third-order valence-electron chi connectivity index (χ3n) is 5.21. The van der Waals surface area contributed by atoms with Crippen LogP contribution in [0.3, 0.4) is 0 Å². The van der Waals surface area contributed by atoms with Gasteiger partial charge in [-0.2, -0.15) is 0 Å². The maximum atomic E-state index is 14.6. The number of rotatable bonds is 9. The van der Waals surface area contributed by atoms with Crippen LogP contribution in [0.4, 0.5) is 4.39 Å². The van der Waals surface area contributed by atoms with E-state index in [2.05, 4.69) is 4.98 Å². The van der Waals surface area contributed by atoms with Crippen LogP contribution in [0.5, 0.6) is 5.75 Å². The van der Waals surface area contributed by atoms with Crippen molar-refractivity contribution in [3.8, 4) is 17.2 Å². The van der Waals surface area contributed by atoms with Gasteiger partial charge in [-0.15, -0.1) is 0 Å². The fourth-order valence-corrected chi connectivity index (χ4v) is 3.51. The van der Waals surface area contributed by atoms with E-state index in [1.54, 1.807) is 35.2 Å². The van der Waals surface area contributed by atoms with Gasteiger partial charge < -0.3 is 18.8 Å². The average Bonchev–Trinajstić information content (AvgIpc) is 3.44. The van der Waals surface area contributed by atoms with Gasteiger partial charge in [0.2, 0.25) is 5.89 Å². The lowest BCUT2D eigenvalue weighted by atomic mass is 10.1. The molecule has 0 saturated carbocycles. The lowest BCUT2D eigenvalue weighted by Crippen LogP contribution is -2.20. The number of hydrogen-bond donors (Lipinski definition) is 1. The number of carboxylic acids is 1. The van der Waals surface area contributed by atoms with Crippen molar-refractivity contribution in [3.05, 3.63) is 95.9 Å². The molecule has 2 aromatic heterocycles. The van der Waals surface area contributed by atoms with Gasteiger partial charge in [0.1, 0.15) is 11.8 Å². The van der Waals surface area contributed by atoms with Crippen molar-refractivity contribution < 1.29 is 23.4 Å². The number of ether oxygens (including phenoxy) is 1. The summed E-state index contributed by atoms with van der Waals surface area (Å²) in [6.07, 6.45) is 4.00. The Bertz CT molecular complexity index is 1190. The lowest BCUT2D eigenvalue weighted by molar-refractivity contribution is -0.140. The molecule has 164 valence electrons. The van der Waals surface area contributed by atoms with Gasteiger partial charge >= 0.3 is 5.97 Å². The van der Waals surface area contributed by atoms with Crippen molar-refractivity contribution in [2.45, 2.75) is 25.8 Å². The fourth-order valence-electron chi connectivity index (χ4n) is 3.51. The molecule has 0 spiro atoms. The Balaban J connectivity index is 1.37. The Morgan fingerprint density at radius 3 is 2.59 bits per heavy atom. The van der Waals surface area contributed by atoms with Crippen LogP contribution in [0.1, 0.15) is 23.1 Å². The number of nitrogens with zero attached hydrogens (tertiary/aromatic N) is 2. The zero-order valence-corrected chi connectivity index (χ0v) is 17.6. The Hall–Kier alpha value is -3.87. The maximum absolute atomic E-state index is 14.6. The van der Waals surface area contributed by atoms with Crippen molar-refractivity contribution in [1.82, 2.24) is 9.55 Å². The summed E-state index contributed by atoms with van der Waals surface area (Å²) in [7, 11) is 0. The molecule has 2 aromatic carbocycles. The lowest BCUT2D eigenvalue weighted by Gasteiger charge is -2.15. The molecule has 7 heteroatoms. The van der Waals surface area contributed by atoms with Crippen LogP contribution in [0.15, 0.2) is 77.5 Å². The Kier molecular flexibility index (Phi) is 6.35.